The highest BCUT2D eigenvalue weighted by Crippen LogP contribution is 2.27. The van der Waals surface area contributed by atoms with E-state index < -0.39 is 0 Å². The highest BCUT2D eigenvalue weighted by atomic mass is 15.4. The zero-order chi connectivity index (χ0) is 15.2. The minimum absolute atomic E-state index is 0.843. The molecule has 0 bridgehead atoms. The van der Waals surface area contributed by atoms with Crippen molar-refractivity contribution < 1.29 is 4.48 Å². The fourth-order valence-electron chi connectivity index (χ4n) is 4.80. The molecular formula is C18H31N4+. The Hall–Kier alpha value is -0.840. The van der Waals surface area contributed by atoms with Crippen molar-refractivity contribution in [3.63, 3.8) is 0 Å². The Morgan fingerprint density at radius 1 is 1.18 bits per heavy atom. The fraction of sp³-hybridized carbons (Fsp3) is 0.778. The van der Waals surface area contributed by atoms with E-state index >= 15 is 0 Å². The highest BCUT2D eigenvalue weighted by molar-refractivity contribution is 5.19. The molecule has 0 aromatic carbocycles. The Morgan fingerprint density at radius 3 is 3.00 bits per heavy atom. The maximum atomic E-state index is 2.75. The van der Waals surface area contributed by atoms with Crippen molar-refractivity contribution in [1.29, 1.82) is 0 Å². The lowest BCUT2D eigenvalue weighted by molar-refractivity contribution is -0.929. The molecule has 0 aliphatic carbocycles. The van der Waals surface area contributed by atoms with Crippen molar-refractivity contribution in [2.24, 2.45) is 0 Å². The molecule has 0 N–H and O–H groups in total. The minimum Gasteiger partial charge on any atom is -0.348 e. The highest BCUT2D eigenvalue weighted by Gasteiger charge is 2.37. The van der Waals surface area contributed by atoms with Gasteiger partial charge in [0.2, 0.25) is 0 Å². The number of quaternary nitrogens is 1. The molecule has 0 spiro atoms. The van der Waals surface area contributed by atoms with Crippen LogP contribution in [0.1, 0.15) is 30.5 Å². The molecule has 4 nitrogen and oxygen atoms in total. The number of rotatable bonds is 2. The number of fused-ring (bicyclic) bond motifs is 2. The number of hydrogen-bond acceptors (Lipinski definition) is 2. The Labute approximate surface area is 134 Å². The van der Waals surface area contributed by atoms with Crippen molar-refractivity contribution in [3.05, 3.63) is 23.5 Å². The van der Waals surface area contributed by atoms with Crippen LogP contribution in [0.4, 0.5) is 0 Å². The van der Waals surface area contributed by atoms with Crippen LogP contribution in [0.15, 0.2) is 12.3 Å². The van der Waals surface area contributed by atoms with E-state index in [-0.39, 0.29) is 0 Å². The van der Waals surface area contributed by atoms with Crippen LogP contribution < -0.4 is 0 Å². The van der Waals surface area contributed by atoms with Crippen LogP contribution in [0, 0.1) is 0 Å². The van der Waals surface area contributed by atoms with Crippen LogP contribution in [0.3, 0.4) is 0 Å². The average Bonchev–Trinajstić information content (AvgIpc) is 2.87. The fourth-order valence-corrected chi connectivity index (χ4v) is 4.80. The van der Waals surface area contributed by atoms with E-state index in [0.29, 0.717) is 0 Å². The van der Waals surface area contributed by atoms with E-state index in [9.17, 15) is 0 Å². The van der Waals surface area contributed by atoms with Crippen LogP contribution in [0.5, 0.6) is 0 Å². The zero-order valence-corrected chi connectivity index (χ0v) is 14.3. The second kappa shape index (κ2) is 5.66. The SMILES string of the molecule is CN1CCn2cc(C[N+]3(C)CCN4CCCCC4C3)cc2C1. The Balaban J connectivity index is 1.46. The molecule has 2 atom stereocenters. The second-order valence-corrected chi connectivity index (χ2v) is 8.14. The molecule has 1 aromatic heterocycles. The van der Waals surface area contributed by atoms with Gasteiger partial charge in [0.1, 0.15) is 6.54 Å². The van der Waals surface area contributed by atoms with E-state index in [1.165, 1.54) is 68.7 Å². The summed E-state index contributed by atoms with van der Waals surface area (Å²) in [6, 6.07) is 3.31. The standard InChI is InChI=1S/C18H31N4/c1-19-7-8-21-12-16(11-18(21)13-19)14-22(2)10-9-20-6-4-3-5-17(20)15-22/h11-12,17H,3-10,13-15H2,1-2H3/q+1. The molecule has 2 unspecified atom stereocenters. The van der Waals surface area contributed by atoms with Crippen LogP contribution >= 0.6 is 0 Å². The van der Waals surface area contributed by atoms with Gasteiger partial charge in [0.25, 0.3) is 0 Å². The third kappa shape index (κ3) is 2.84. The van der Waals surface area contributed by atoms with Gasteiger partial charge in [0.05, 0.1) is 26.2 Å². The smallest absolute Gasteiger partial charge is 0.106 e. The van der Waals surface area contributed by atoms with Gasteiger partial charge >= 0.3 is 0 Å². The van der Waals surface area contributed by atoms with Gasteiger partial charge in [-0.2, -0.15) is 0 Å². The summed E-state index contributed by atoms with van der Waals surface area (Å²) in [6.45, 7) is 9.98. The third-order valence-corrected chi connectivity index (χ3v) is 6.09. The molecule has 22 heavy (non-hydrogen) atoms. The number of likely N-dealkylation sites (N-methyl/N-ethyl adjacent to an activating group) is 2. The van der Waals surface area contributed by atoms with Crippen molar-refractivity contribution >= 4 is 0 Å². The molecule has 0 radical (unpaired) electrons. The molecule has 3 aliphatic rings. The first-order valence-electron chi connectivity index (χ1n) is 9.05. The van der Waals surface area contributed by atoms with Crippen molar-refractivity contribution in [2.75, 3.05) is 46.8 Å². The predicted octanol–water partition coefficient (Wildman–Crippen LogP) is 1.75. The van der Waals surface area contributed by atoms with Gasteiger partial charge in [0.15, 0.2) is 0 Å². The topological polar surface area (TPSA) is 11.4 Å². The lowest BCUT2D eigenvalue weighted by Gasteiger charge is -2.48. The average molecular weight is 303 g/mol. The summed E-state index contributed by atoms with van der Waals surface area (Å²) in [5.74, 6) is 0. The van der Waals surface area contributed by atoms with Crippen LogP contribution in [-0.2, 0) is 19.6 Å². The van der Waals surface area contributed by atoms with Gasteiger partial charge in [-0.15, -0.1) is 0 Å². The first kappa shape index (κ1) is 14.7. The van der Waals surface area contributed by atoms with E-state index in [4.69, 9.17) is 0 Å². The number of piperidine rings is 1. The number of aromatic nitrogens is 1. The predicted molar refractivity (Wildman–Crippen MR) is 89.6 cm³/mol. The van der Waals surface area contributed by atoms with Crippen molar-refractivity contribution in [3.8, 4) is 0 Å². The lowest BCUT2D eigenvalue weighted by Crippen LogP contribution is -2.62. The van der Waals surface area contributed by atoms with Crippen molar-refractivity contribution in [1.82, 2.24) is 14.4 Å². The van der Waals surface area contributed by atoms with Crippen LogP contribution in [0.2, 0.25) is 0 Å². The van der Waals surface area contributed by atoms with E-state index in [1.54, 1.807) is 5.56 Å². The molecule has 0 saturated carbocycles. The van der Waals surface area contributed by atoms with Gasteiger partial charge in [-0.25, -0.2) is 0 Å². The largest absolute Gasteiger partial charge is 0.348 e. The molecule has 4 heterocycles. The maximum absolute atomic E-state index is 2.75. The molecule has 0 amide bonds. The van der Waals surface area contributed by atoms with Gasteiger partial charge in [0, 0.05) is 43.6 Å². The molecule has 122 valence electrons. The quantitative estimate of drug-likeness (QED) is 0.771. The molecule has 3 aliphatic heterocycles. The molecule has 4 heteroatoms. The molecule has 1 aromatic rings. The number of nitrogens with zero attached hydrogens (tertiary/aromatic N) is 4. The van der Waals surface area contributed by atoms with Crippen LogP contribution in [-0.4, -0.2) is 71.7 Å². The van der Waals surface area contributed by atoms with Gasteiger partial charge in [-0.1, -0.05) is 6.42 Å². The van der Waals surface area contributed by atoms with Crippen molar-refractivity contribution in [2.45, 2.75) is 44.9 Å². The summed E-state index contributed by atoms with van der Waals surface area (Å²) >= 11 is 0. The summed E-state index contributed by atoms with van der Waals surface area (Å²) in [5.41, 5.74) is 3.06. The summed E-state index contributed by atoms with van der Waals surface area (Å²) in [6.07, 6.45) is 6.71. The zero-order valence-electron chi connectivity index (χ0n) is 14.3. The Morgan fingerprint density at radius 2 is 2.09 bits per heavy atom. The van der Waals surface area contributed by atoms with E-state index in [1.807, 2.05) is 0 Å². The van der Waals surface area contributed by atoms with Gasteiger partial charge in [-0.3, -0.25) is 9.80 Å². The maximum Gasteiger partial charge on any atom is 0.106 e. The summed E-state index contributed by atoms with van der Waals surface area (Å²) in [4.78, 5) is 5.18. The van der Waals surface area contributed by atoms with Gasteiger partial charge in [-0.05, 0) is 32.5 Å². The number of piperazine rings is 1. The first-order valence-corrected chi connectivity index (χ1v) is 9.05. The second-order valence-electron chi connectivity index (χ2n) is 8.14. The molecular weight excluding hydrogens is 272 g/mol. The summed E-state index contributed by atoms with van der Waals surface area (Å²) in [5, 5.41) is 0. The van der Waals surface area contributed by atoms with E-state index in [2.05, 4.69) is 40.7 Å². The normalized spacial score (nSPS) is 33.5. The van der Waals surface area contributed by atoms with Gasteiger partial charge < -0.3 is 9.05 Å². The monoisotopic (exact) mass is 303 g/mol. The number of hydrogen-bond donors (Lipinski definition) is 0. The first-order chi connectivity index (χ1) is 10.6. The summed E-state index contributed by atoms with van der Waals surface area (Å²) in [7, 11) is 4.71. The molecule has 2 fully saturated rings. The third-order valence-electron chi connectivity index (χ3n) is 6.09. The van der Waals surface area contributed by atoms with E-state index in [0.717, 1.165) is 19.1 Å². The summed E-state index contributed by atoms with van der Waals surface area (Å²) < 4.78 is 3.72. The molecule has 4 rings (SSSR count). The van der Waals surface area contributed by atoms with Crippen LogP contribution in [0.25, 0.3) is 0 Å². The Kier molecular flexibility index (Phi) is 3.79. The Bertz CT molecular complexity index is 537. The molecule has 2 saturated heterocycles. The minimum atomic E-state index is 0.843. The lowest BCUT2D eigenvalue weighted by atomic mass is 9.98.